The van der Waals surface area contributed by atoms with Crippen LogP contribution in [0.2, 0.25) is 0 Å². The summed E-state index contributed by atoms with van der Waals surface area (Å²) in [6.45, 7) is 5.64. The Balaban J connectivity index is 1.93. The molecule has 3 rings (SSSR count). The van der Waals surface area contributed by atoms with Gasteiger partial charge in [-0.1, -0.05) is 12.1 Å². The van der Waals surface area contributed by atoms with Crippen LogP contribution in [0.4, 0.5) is 0 Å². The highest BCUT2D eigenvalue weighted by Gasteiger charge is 2.35. The smallest absolute Gasteiger partial charge is 0.156 e. The minimum atomic E-state index is 0.00977. The Labute approximate surface area is 96.7 Å². The number of hydrogen-bond donors (Lipinski definition) is 3. The van der Waals surface area contributed by atoms with Crippen molar-refractivity contribution in [3.05, 3.63) is 0 Å². The summed E-state index contributed by atoms with van der Waals surface area (Å²) >= 11 is 0. The van der Waals surface area contributed by atoms with Crippen molar-refractivity contribution in [1.82, 2.24) is 10.2 Å². The van der Waals surface area contributed by atoms with E-state index in [1.807, 2.05) is 0 Å². The van der Waals surface area contributed by atoms with Gasteiger partial charge < -0.3 is 21.2 Å². The minimum absolute atomic E-state index is 0.00977. The summed E-state index contributed by atoms with van der Waals surface area (Å²) in [5.74, 6) is 1.07. The van der Waals surface area contributed by atoms with Crippen molar-refractivity contribution in [2.75, 3.05) is 19.6 Å². The molecular weight excluding hydrogens is 204 g/mol. The molecule has 2 unspecified atom stereocenters. The number of oxime groups is 1. The number of hydrogen-bond acceptors (Lipinski definition) is 4. The molecule has 5 nitrogen and oxygen atoms in total. The van der Waals surface area contributed by atoms with Crippen LogP contribution in [0.3, 0.4) is 0 Å². The fourth-order valence-corrected chi connectivity index (χ4v) is 2.89. The first-order valence-corrected chi connectivity index (χ1v) is 6.20. The van der Waals surface area contributed by atoms with Gasteiger partial charge in [0, 0.05) is 12.6 Å². The van der Waals surface area contributed by atoms with Gasteiger partial charge in [0.05, 0.1) is 6.04 Å². The Kier molecular flexibility index (Phi) is 3.66. The molecule has 0 saturated carbocycles. The van der Waals surface area contributed by atoms with Gasteiger partial charge >= 0.3 is 0 Å². The summed E-state index contributed by atoms with van der Waals surface area (Å²) in [5, 5.41) is 15.3. The lowest BCUT2D eigenvalue weighted by Crippen LogP contribution is -2.59. The zero-order valence-electron chi connectivity index (χ0n) is 9.89. The van der Waals surface area contributed by atoms with E-state index in [0.717, 1.165) is 18.9 Å². The number of piperidine rings is 3. The molecule has 16 heavy (non-hydrogen) atoms. The molecule has 3 saturated heterocycles. The minimum Gasteiger partial charge on any atom is -0.409 e. The Bertz CT molecular complexity index is 261. The zero-order chi connectivity index (χ0) is 11.5. The van der Waals surface area contributed by atoms with Crippen LogP contribution in [0.5, 0.6) is 0 Å². The number of nitrogens with zero attached hydrogens (tertiary/aromatic N) is 2. The Morgan fingerprint density at radius 3 is 2.69 bits per heavy atom. The monoisotopic (exact) mass is 226 g/mol. The largest absolute Gasteiger partial charge is 0.409 e. The standard InChI is InChI=1S/C11H22N4O/c1-2-9(11(12)14-16)13-10-7-15-5-3-8(10)4-6-15/h8-10,13,16H,2-7H2,1H3,(H2,12,14). The average Bonchev–Trinajstić information content (AvgIpc) is 2.36. The maximum atomic E-state index is 8.71. The summed E-state index contributed by atoms with van der Waals surface area (Å²) in [7, 11) is 0. The Morgan fingerprint density at radius 1 is 1.56 bits per heavy atom. The van der Waals surface area contributed by atoms with Crippen molar-refractivity contribution >= 4 is 5.84 Å². The normalized spacial score (nSPS) is 36.3. The second-order valence-corrected chi connectivity index (χ2v) is 4.90. The van der Waals surface area contributed by atoms with Crippen LogP contribution in [0, 0.1) is 5.92 Å². The molecule has 4 N–H and O–H groups in total. The molecule has 3 aliphatic heterocycles. The first-order chi connectivity index (χ1) is 7.74. The van der Waals surface area contributed by atoms with Crippen LogP contribution in [-0.4, -0.2) is 47.7 Å². The average molecular weight is 226 g/mol. The highest BCUT2D eigenvalue weighted by molar-refractivity contribution is 5.85. The van der Waals surface area contributed by atoms with Gasteiger partial charge in [-0.15, -0.1) is 0 Å². The van der Waals surface area contributed by atoms with Gasteiger partial charge in [-0.05, 0) is 38.3 Å². The molecule has 0 aromatic carbocycles. The van der Waals surface area contributed by atoms with E-state index in [1.165, 1.54) is 25.9 Å². The fourth-order valence-electron chi connectivity index (χ4n) is 2.89. The van der Waals surface area contributed by atoms with E-state index in [-0.39, 0.29) is 6.04 Å². The molecule has 3 fully saturated rings. The highest BCUT2D eigenvalue weighted by atomic mass is 16.4. The van der Waals surface area contributed by atoms with E-state index < -0.39 is 0 Å². The molecule has 3 aliphatic rings. The summed E-state index contributed by atoms with van der Waals surface area (Å²) in [6, 6.07) is 0.517. The summed E-state index contributed by atoms with van der Waals surface area (Å²) in [5.41, 5.74) is 5.67. The number of amidine groups is 1. The first kappa shape index (κ1) is 11.7. The lowest BCUT2D eigenvalue weighted by Gasteiger charge is -2.46. The lowest BCUT2D eigenvalue weighted by molar-refractivity contribution is 0.0701. The predicted octanol–water partition coefficient (Wildman–Crippen LogP) is 0.195. The van der Waals surface area contributed by atoms with Crippen LogP contribution in [0.25, 0.3) is 0 Å². The Hall–Kier alpha value is -0.810. The van der Waals surface area contributed by atoms with Gasteiger partial charge in [-0.3, -0.25) is 0 Å². The van der Waals surface area contributed by atoms with Gasteiger partial charge in [-0.2, -0.15) is 0 Å². The molecule has 0 radical (unpaired) electrons. The number of fused-ring (bicyclic) bond motifs is 3. The molecule has 0 aromatic rings. The number of nitrogens with two attached hydrogens (primary N) is 1. The van der Waals surface area contributed by atoms with Gasteiger partial charge in [0.15, 0.2) is 5.84 Å². The van der Waals surface area contributed by atoms with Crippen LogP contribution < -0.4 is 11.1 Å². The second-order valence-electron chi connectivity index (χ2n) is 4.90. The van der Waals surface area contributed by atoms with Crippen molar-refractivity contribution in [3.8, 4) is 0 Å². The molecule has 2 bridgehead atoms. The molecule has 2 atom stereocenters. The molecule has 0 aliphatic carbocycles. The molecule has 5 heteroatoms. The third-order valence-electron chi connectivity index (χ3n) is 3.95. The first-order valence-electron chi connectivity index (χ1n) is 6.20. The highest BCUT2D eigenvalue weighted by Crippen LogP contribution is 2.27. The van der Waals surface area contributed by atoms with Gasteiger partial charge in [0.1, 0.15) is 0 Å². The van der Waals surface area contributed by atoms with Gasteiger partial charge in [0.25, 0.3) is 0 Å². The van der Waals surface area contributed by atoms with Crippen molar-refractivity contribution in [2.24, 2.45) is 16.8 Å². The van der Waals surface area contributed by atoms with E-state index in [1.54, 1.807) is 0 Å². The van der Waals surface area contributed by atoms with E-state index in [9.17, 15) is 0 Å². The summed E-state index contributed by atoms with van der Waals surface area (Å²) in [6.07, 6.45) is 3.42. The van der Waals surface area contributed by atoms with E-state index in [0.29, 0.717) is 11.9 Å². The number of nitrogens with one attached hydrogen (secondary N) is 1. The molecule has 3 heterocycles. The third-order valence-corrected chi connectivity index (χ3v) is 3.95. The quantitative estimate of drug-likeness (QED) is 0.277. The molecular formula is C11H22N4O. The summed E-state index contributed by atoms with van der Waals surface area (Å²) in [4.78, 5) is 2.50. The SMILES string of the molecule is CCC(NC1CN2CCC1CC2)C(N)=NO. The van der Waals surface area contributed by atoms with Gasteiger partial charge in [0.2, 0.25) is 0 Å². The molecule has 0 aromatic heterocycles. The van der Waals surface area contributed by atoms with Crippen molar-refractivity contribution < 1.29 is 5.21 Å². The maximum Gasteiger partial charge on any atom is 0.156 e. The second kappa shape index (κ2) is 5.01. The fraction of sp³-hybridized carbons (Fsp3) is 0.909. The molecule has 92 valence electrons. The zero-order valence-corrected chi connectivity index (χ0v) is 9.89. The van der Waals surface area contributed by atoms with Crippen LogP contribution >= 0.6 is 0 Å². The van der Waals surface area contributed by atoms with E-state index in [2.05, 4.69) is 22.3 Å². The van der Waals surface area contributed by atoms with E-state index in [4.69, 9.17) is 10.9 Å². The van der Waals surface area contributed by atoms with Crippen molar-refractivity contribution in [1.29, 1.82) is 0 Å². The van der Waals surface area contributed by atoms with Gasteiger partial charge in [-0.25, -0.2) is 0 Å². The summed E-state index contributed by atoms with van der Waals surface area (Å²) < 4.78 is 0. The predicted molar refractivity (Wildman–Crippen MR) is 63.6 cm³/mol. The van der Waals surface area contributed by atoms with Crippen LogP contribution in [0.1, 0.15) is 26.2 Å². The van der Waals surface area contributed by atoms with Crippen molar-refractivity contribution in [3.63, 3.8) is 0 Å². The molecule has 0 spiro atoms. The van der Waals surface area contributed by atoms with Crippen molar-refractivity contribution in [2.45, 2.75) is 38.3 Å². The lowest BCUT2D eigenvalue weighted by atomic mass is 9.83. The van der Waals surface area contributed by atoms with Crippen LogP contribution in [-0.2, 0) is 0 Å². The topological polar surface area (TPSA) is 73.9 Å². The molecule has 0 amide bonds. The number of rotatable bonds is 4. The maximum absolute atomic E-state index is 8.71. The Morgan fingerprint density at radius 2 is 2.25 bits per heavy atom. The van der Waals surface area contributed by atoms with E-state index >= 15 is 0 Å². The third kappa shape index (κ3) is 2.30. The van der Waals surface area contributed by atoms with Crippen LogP contribution in [0.15, 0.2) is 5.16 Å².